The van der Waals surface area contributed by atoms with Gasteiger partial charge in [0.1, 0.15) is 0 Å². The van der Waals surface area contributed by atoms with Crippen LogP contribution in [0.5, 0.6) is 0 Å². The second kappa shape index (κ2) is 12.2. The van der Waals surface area contributed by atoms with E-state index in [1.54, 1.807) is 6.92 Å². The molecule has 0 fully saturated rings. The fraction of sp³-hybridized carbons (Fsp3) is 0.750. The molecule has 0 unspecified atom stereocenters. The van der Waals surface area contributed by atoms with Gasteiger partial charge < -0.3 is 5.73 Å². The van der Waals surface area contributed by atoms with E-state index >= 15 is 0 Å². The monoisotopic (exact) mass is 199 g/mol. The molecule has 0 aliphatic heterocycles. The van der Waals surface area contributed by atoms with Crippen LogP contribution in [0.4, 0.5) is 0 Å². The summed E-state index contributed by atoms with van der Waals surface area (Å²) >= 11 is 0. The van der Waals surface area contributed by atoms with Crippen molar-refractivity contribution in [1.29, 1.82) is 0 Å². The predicted molar refractivity (Wildman–Crippen MR) is 63.1 cm³/mol. The topological polar surface area (TPSA) is 43.1 Å². The van der Waals surface area contributed by atoms with Crippen LogP contribution in [0.3, 0.4) is 0 Å². The molecule has 2 nitrogen and oxygen atoms in total. The number of rotatable bonds is 6. The number of nitrogens with two attached hydrogens (primary N) is 1. The lowest BCUT2D eigenvalue weighted by atomic mass is 10.1. The molecule has 0 radical (unpaired) electrons. The number of unbranched alkanes of at least 4 members (excludes halogenated alkanes) is 5. The number of amides is 1. The lowest BCUT2D eigenvalue weighted by Gasteiger charge is -1.93. The SMILES string of the molecule is C=C(C)C(N)=O.CCCCCCCC. The highest BCUT2D eigenvalue weighted by Crippen LogP contribution is 2.03. The lowest BCUT2D eigenvalue weighted by Crippen LogP contribution is -2.10. The van der Waals surface area contributed by atoms with Crippen molar-refractivity contribution < 1.29 is 4.79 Å². The van der Waals surface area contributed by atoms with E-state index in [4.69, 9.17) is 5.73 Å². The van der Waals surface area contributed by atoms with Gasteiger partial charge >= 0.3 is 0 Å². The zero-order valence-corrected chi connectivity index (χ0v) is 9.94. The van der Waals surface area contributed by atoms with Crippen LogP contribution >= 0.6 is 0 Å². The summed E-state index contributed by atoms with van der Waals surface area (Å²) in [5.74, 6) is -0.435. The van der Waals surface area contributed by atoms with Crippen molar-refractivity contribution in [3.05, 3.63) is 12.2 Å². The molecule has 0 heterocycles. The molecule has 84 valence electrons. The number of carbonyl (C=O) groups is 1. The summed E-state index contributed by atoms with van der Waals surface area (Å²) in [6, 6.07) is 0. The maximum absolute atomic E-state index is 9.82. The van der Waals surface area contributed by atoms with Crippen molar-refractivity contribution in [1.82, 2.24) is 0 Å². The lowest BCUT2D eigenvalue weighted by molar-refractivity contribution is -0.114. The first-order valence-electron chi connectivity index (χ1n) is 5.51. The standard InChI is InChI=1S/C8H18.C4H7NO/c1-3-5-7-8-6-4-2;1-3(2)4(5)6/h3-8H2,1-2H3;1H2,2H3,(H2,5,6). The average molecular weight is 199 g/mol. The summed E-state index contributed by atoms with van der Waals surface area (Å²) in [6.07, 6.45) is 8.49. The molecule has 0 aliphatic carbocycles. The molecule has 0 aromatic rings. The van der Waals surface area contributed by atoms with Gasteiger partial charge in [-0.15, -0.1) is 0 Å². The zero-order valence-electron chi connectivity index (χ0n) is 9.94. The molecule has 14 heavy (non-hydrogen) atoms. The van der Waals surface area contributed by atoms with Gasteiger partial charge in [-0.2, -0.15) is 0 Å². The summed E-state index contributed by atoms with van der Waals surface area (Å²) in [4.78, 5) is 9.82. The summed E-state index contributed by atoms with van der Waals surface area (Å²) in [7, 11) is 0. The number of hydrogen-bond donors (Lipinski definition) is 1. The van der Waals surface area contributed by atoms with Gasteiger partial charge in [-0.05, 0) is 6.92 Å². The van der Waals surface area contributed by atoms with Gasteiger partial charge in [0, 0.05) is 5.57 Å². The van der Waals surface area contributed by atoms with Crippen molar-refractivity contribution >= 4 is 5.91 Å². The molecule has 0 aromatic heterocycles. The molecule has 0 bridgehead atoms. The van der Waals surface area contributed by atoms with E-state index in [1.165, 1.54) is 38.5 Å². The van der Waals surface area contributed by atoms with E-state index in [1.807, 2.05) is 0 Å². The Labute approximate surface area is 88.6 Å². The predicted octanol–water partition coefficient (Wildman–Crippen LogP) is 3.41. The summed E-state index contributed by atoms with van der Waals surface area (Å²) in [5.41, 5.74) is 5.09. The van der Waals surface area contributed by atoms with E-state index in [2.05, 4.69) is 20.4 Å². The van der Waals surface area contributed by atoms with E-state index in [0.717, 1.165) is 0 Å². The zero-order chi connectivity index (χ0) is 11.4. The molecule has 0 atom stereocenters. The molecule has 0 spiro atoms. The Hall–Kier alpha value is -0.790. The van der Waals surface area contributed by atoms with E-state index in [9.17, 15) is 4.79 Å². The molecular weight excluding hydrogens is 174 g/mol. The van der Waals surface area contributed by atoms with Gasteiger partial charge in [-0.1, -0.05) is 59.0 Å². The van der Waals surface area contributed by atoms with Gasteiger partial charge in [-0.25, -0.2) is 0 Å². The van der Waals surface area contributed by atoms with Crippen molar-refractivity contribution in [2.75, 3.05) is 0 Å². The van der Waals surface area contributed by atoms with Crippen LogP contribution < -0.4 is 5.73 Å². The summed E-state index contributed by atoms with van der Waals surface area (Å²) in [6.45, 7) is 9.36. The van der Waals surface area contributed by atoms with Crippen LogP contribution in [0.2, 0.25) is 0 Å². The molecular formula is C12H25NO. The molecule has 2 heteroatoms. The normalized spacial score (nSPS) is 8.79. The minimum atomic E-state index is -0.435. The number of hydrogen-bond acceptors (Lipinski definition) is 1. The Morgan fingerprint density at radius 2 is 1.36 bits per heavy atom. The molecule has 1 amide bonds. The third-order valence-electron chi connectivity index (χ3n) is 1.88. The summed E-state index contributed by atoms with van der Waals surface area (Å²) < 4.78 is 0. The van der Waals surface area contributed by atoms with E-state index in [-0.39, 0.29) is 0 Å². The smallest absolute Gasteiger partial charge is 0.243 e. The second-order valence-electron chi connectivity index (χ2n) is 3.56. The van der Waals surface area contributed by atoms with E-state index < -0.39 is 5.91 Å². The third kappa shape index (κ3) is 17.3. The van der Waals surface area contributed by atoms with Crippen LogP contribution in [-0.4, -0.2) is 5.91 Å². The minimum Gasteiger partial charge on any atom is -0.366 e. The number of primary amides is 1. The molecule has 0 saturated carbocycles. The van der Waals surface area contributed by atoms with Gasteiger partial charge in [0.25, 0.3) is 0 Å². The first-order valence-corrected chi connectivity index (χ1v) is 5.51. The van der Waals surface area contributed by atoms with Crippen LogP contribution in [0, 0.1) is 0 Å². The quantitative estimate of drug-likeness (QED) is 0.517. The largest absolute Gasteiger partial charge is 0.366 e. The molecule has 0 aromatic carbocycles. The fourth-order valence-electron chi connectivity index (χ4n) is 0.854. The van der Waals surface area contributed by atoms with Gasteiger partial charge in [-0.3, -0.25) is 4.79 Å². The van der Waals surface area contributed by atoms with E-state index in [0.29, 0.717) is 5.57 Å². The van der Waals surface area contributed by atoms with Gasteiger partial charge in [0.05, 0.1) is 0 Å². The van der Waals surface area contributed by atoms with Crippen LogP contribution in [0.15, 0.2) is 12.2 Å². The van der Waals surface area contributed by atoms with Crippen molar-refractivity contribution in [2.45, 2.75) is 59.3 Å². The van der Waals surface area contributed by atoms with Crippen molar-refractivity contribution in [3.8, 4) is 0 Å². The molecule has 0 rings (SSSR count). The molecule has 0 saturated heterocycles. The third-order valence-corrected chi connectivity index (χ3v) is 1.88. The van der Waals surface area contributed by atoms with Gasteiger partial charge in [0.15, 0.2) is 0 Å². The van der Waals surface area contributed by atoms with Crippen LogP contribution in [0.25, 0.3) is 0 Å². The van der Waals surface area contributed by atoms with Crippen LogP contribution in [0.1, 0.15) is 59.3 Å². The first kappa shape index (κ1) is 15.7. The Balaban J connectivity index is 0. The maximum atomic E-state index is 9.82. The highest BCUT2D eigenvalue weighted by molar-refractivity contribution is 5.90. The first-order chi connectivity index (χ1) is 6.56. The van der Waals surface area contributed by atoms with Crippen molar-refractivity contribution in [3.63, 3.8) is 0 Å². The Bertz CT molecular complexity index is 134. The molecule has 2 N–H and O–H groups in total. The Morgan fingerprint density at radius 1 is 1.07 bits per heavy atom. The highest BCUT2D eigenvalue weighted by atomic mass is 16.1. The Kier molecular flexibility index (Phi) is 13.7. The molecule has 0 aliphatic rings. The summed E-state index contributed by atoms with van der Waals surface area (Å²) in [5, 5.41) is 0. The number of carbonyl (C=O) groups excluding carboxylic acids is 1. The highest BCUT2D eigenvalue weighted by Gasteiger charge is 1.86. The fourth-order valence-corrected chi connectivity index (χ4v) is 0.854. The van der Waals surface area contributed by atoms with Crippen molar-refractivity contribution in [2.24, 2.45) is 5.73 Å². The second-order valence-corrected chi connectivity index (χ2v) is 3.56. The average Bonchev–Trinajstić information content (AvgIpc) is 2.13. The van der Waals surface area contributed by atoms with Gasteiger partial charge in [0.2, 0.25) is 5.91 Å². The Morgan fingerprint density at radius 3 is 1.50 bits per heavy atom. The maximum Gasteiger partial charge on any atom is 0.243 e. The minimum absolute atomic E-state index is 0.398. The van der Waals surface area contributed by atoms with Crippen LogP contribution in [-0.2, 0) is 4.79 Å².